The molecule has 6 heterocycles. The number of allylic oxidation sites excluding steroid dienone is 1. The van der Waals surface area contributed by atoms with Gasteiger partial charge in [-0.3, -0.25) is 14.4 Å². The van der Waals surface area contributed by atoms with Crippen LogP contribution < -0.4 is 0 Å². The summed E-state index contributed by atoms with van der Waals surface area (Å²) >= 11 is 1.29. The van der Waals surface area contributed by atoms with Gasteiger partial charge < -0.3 is 34.3 Å². The normalized spacial score (nSPS) is 55.5. The Morgan fingerprint density at radius 2 is 1.45 bits per heavy atom. The van der Waals surface area contributed by atoms with Crippen LogP contribution in [0.5, 0.6) is 0 Å². The maximum Gasteiger partial charge on any atom is 0.346 e. The van der Waals surface area contributed by atoms with Gasteiger partial charge in [0, 0.05) is 65.8 Å². The van der Waals surface area contributed by atoms with Crippen LogP contribution in [-0.4, -0.2) is 95.3 Å². The van der Waals surface area contributed by atoms with Crippen molar-refractivity contribution in [2.24, 2.45) is 41.4 Å². The Morgan fingerprint density at radius 1 is 0.784 bits per heavy atom. The minimum Gasteiger partial charge on any atom is -0.512 e. The number of aliphatic hydroxyl groups is 3. The van der Waals surface area contributed by atoms with E-state index in [2.05, 4.69) is 0 Å². The zero-order valence-electron chi connectivity index (χ0n) is 29.7. The van der Waals surface area contributed by atoms with Gasteiger partial charge in [0.1, 0.15) is 40.2 Å². The van der Waals surface area contributed by atoms with Crippen molar-refractivity contribution in [2.75, 3.05) is 0 Å². The van der Waals surface area contributed by atoms with Gasteiger partial charge in [-0.2, -0.15) is 11.8 Å². The summed E-state index contributed by atoms with van der Waals surface area (Å²) in [7, 11) is 0. The Bertz CT molecular complexity index is 1790. The second kappa shape index (κ2) is 10.3. The Hall–Kier alpha value is -2.74. The fourth-order valence-corrected chi connectivity index (χ4v) is 14.3. The third-order valence-electron chi connectivity index (χ3n) is 15.2. The quantitative estimate of drug-likeness (QED) is 0.279. The number of fused-ring (bicyclic) bond motifs is 2. The van der Waals surface area contributed by atoms with E-state index in [0.29, 0.717) is 6.42 Å². The summed E-state index contributed by atoms with van der Waals surface area (Å²) in [4.78, 5) is 70.1. The Balaban J connectivity index is 1.26. The van der Waals surface area contributed by atoms with Crippen LogP contribution in [0, 0.1) is 41.4 Å². The van der Waals surface area contributed by atoms with E-state index in [1.165, 1.54) is 11.8 Å². The minimum absolute atomic E-state index is 0.0496. The highest BCUT2D eigenvalue weighted by Gasteiger charge is 2.89. The van der Waals surface area contributed by atoms with Crippen molar-refractivity contribution in [2.45, 2.75) is 137 Å². The van der Waals surface area contributed by atoms with Gasteiger partial charge in [-0.15, -0.1) is 0 Å². The molecule has 0 amide bonds. The molecule has 11 aliphatic rings. The standard InChI is InChI=1S/C38H46O12S/c1-14-7-9-18(39)22-31-36(48-32(22)45)12-16(3)34(5,47-31)29(43)24(36)21(11-20(14)41)51-28-25-27(42)15(2)8-10-19(40)23-33(46)49-37-13-17(4)35(6,30(44)26(28)37)50-38(23,25)37/h14-17,21,24-26,28-30,40,43-44H,7-13H2,1-6H3/b23-19-/t14-,15-,16+,17-,21-,24-,25-,26+,28+,29-,30-,34+,35-,36-,37+,38+/m0/s1. The van der Waals surface area contributed by atoms with Crippen LogP contribution in [-0.2, 0) is 42.9 Å². The first-order valence-electron chi connectivity index (χ1n) is 18.5. The lowest BCUT2D eigenvalue weighted by molar-refractivity contribution is -0.340. The Labute approximate surface area is 300 Å². The average molecular weight is 727 g/mol. The molecule has 276 valence electrons. The number of ketones is 3. The van der Waals surface area contributed by atoms with Gasteiger partial charge in [-0.1, -0.05) is 27.7 Å². The number of hydrogen-bond donors (Lipinski definition) is 3. The predicted molar refractivity (Wildman–Crippen MR) is 178 cm³/mol. The summed E-state index contributed by atoms with van der Waals surface area (Å²) in [6.07, 6.45) is -1.43. The number of rotatable bonds is 2. The molecule has 3 saturated carbocycles. The molecule has 0 unspecified atom stereocenters. The van der Waals surface area contributed by atoms with Crippen molar-refractivity contribution in [3.8, 4) is 0 Å². The second-order valence-corrected chi connectivity index (χ2v) is 19.0. The molecule has 5 aliphatic carbocycles. The van der Waals surface area contributed by atoms with E-state index in [9.17, 15) is 39.3 Å². The summed E-state index contributed by atoms with van der Waals surface area (Å²) < 4.78 is 26.0. The number of aliphatic hydroxyl groups excluding tert-OH is 3. The molecule has 16 atom stereocenters. The van der Waals surface area contributed by atoms with Crippen molar-refractivity contribution < 1.29 is 58.2 Å². The molecular formula is C38H46O12S. The van der Waals surface area contributed by atoms with Gasteiger partial charge >= 0.3 is 11.9 Å². The van der Waals surface area contributed by atoms with Crippen LogP contribution in [0.25, 0.3) is 0 Å². The molecule has 0 aromatic heterocycles. The first-order chi connectivity index (χ1) is 23.9. The van der Waals surface area contributed by atoms with Crippen molar-refractivity contribution in [3.63, 3.8) is 0 Å². The van der Waals surface area contributed by atoms with Crippen LogP contribution in [0.4, 0.5) is 0 Å². The van der Waals surface area contributed by atoms with Gasteiger partial charge in [0.05, 0.1) is 17.6 Å². The van der Waals surface area contributed by atoms with E-state index in [1.54, 1.807) is 27.7 Å². The minimum atomic E-state index is -1.68. The number of thioether (sulfide) groups is 1. The lowest BCUT2D eigenvalue weighted by atomic mass is 9.56. The molecule has 0 radical (unpaired) electrons. The third kappa shape index (κ3) is 3.72. The smallest absolute Gasteiger partial charge is 0.346 e. The molecule has 11 rings (SSSR count). The van der Waals surface area contributed by atoms with E-state index in [1.807, 2.05) is 13.8 Å². The van der Waals surface area contributed by atoms with Crippen molar-refractivity contribution in [1.82, 2.24) is 0 Å². The highest BCUT2D eigenvalue weighted by atomic mass is 32.2. The molecule has 8 fully saturated rings. The maximum atomic E-state index is 14.9. The zero-order chi connectivity index (χ0) is 36.5. The Kier molecular flexibility index (Phi) is 6.85. The molecule has 0 aromatic rings. The molecular weight excluding hydrogens is 680 g/mol. The SMILES string of the molecule is C[C@@H]1C[C@@]23OC(=O)C4=C2O[C@@]1(C)[C@@H](O)[C@@H]3[C@@H](S[C@H]1[C@@H]2[C@H](O)[C@@]3(C)O[C@]56/C(=C(\O)CC[C@H](C)C(=O)[C@@H]15)C(=O)O[C@]26C[C@@H]3C)CC(=O)[C@@H](C)CCC4=O. The maximum absolute atomic E-state index is 14.9. The molecule has 13 heteroatoms. The summed E-state index contributed by atoms with van der Waals surface area (Å²) in [6.45, 7) is 10.9. The number of ether oxygens (including phenoxy) is 4. The van der Waals surface area contributed by atoms with E-state index in [-0.39, 0.29) is 84.6 Å². The van der Waals surface area contributed by atoms with E-state index < -0.39 is 98.0 Å². The molecule has 51 heavy (non-hydrogen) atoms. The van der Waals surface area contributed by atoms with Crippen LogP contribution >= 0.6 is 11.8 Å². The summed E-state index contributed by atoms with van der Waals surface area (Å²) in [5.41, 5.74) is -7.33. The number of hydrogen-bond acceptors (Lipinski definition) is 13. The molecule has 12 nitrogen and oxygen atoms in total. The van der Waals surface area contributed by atoms with Crippen molar-refractivity contribution >= 4 is 41.1 Å². The van der Waals surface area contributed by atoms with Crippen LogP contribution in [0.2, 0.25) is 0 Å². The fraction of sp³-hybridized carbons (Fsp3) is 0.763. The first kappa shape index (κ1) is 34.1. The van der Waals surface area contributed by atoms with E-state index in [0.717, 1.165) is 0 Å². The monoisotopic (exact) mass is 726 g/mol. The van der Waals surface area contributed by atoms with Crippen LogP contribution in [0.15, 0.2) is 22.7 Å². The molecule has 3 spiro atoms. The zero-order valence-corrected chi connectivity index (χ0v) is 30.5. The van der Waals surface area contributed by atoms with Gasteiger partial charge in [0.25, 0.3) is 0 Å². The first-order valence-corrected chi connectivity index (χ1v) is 19.5. The highest BCUT2D eigenvalue weighted by Crippen LogP contribution is 2.75. The number of esters is 2. The van der Waals surface area contributed by atoms with Gasteiger partial charge in [-0.25, -0.2) is 9.59 Å². The summed E-state index contributed by atoms with van der Waals surface area (Å²) in [5.74, 6) is -6.87. The van der Waals surface area contributed by atoms with E-state index in [4.69, 9.17) is 18.9 Å². The van der Waals surface area contributed by atoms with Crippen molar-refractivity contribution in [1.29, 1.82) is 0 Å². The molecule has 5 saturated heterocycles. The highest BCUT2D eigenvalue weighted by molar-refractivity contribution is 8.00. The summed E-state index contributed by atoms with van der Waals surface area (Å²) in [6, 6.07) is 0. The molecule has 9 bridgehead atoms. The largest absolute Gasteiger partial charge is 0.512 e. The second-order valence-electron chi connectivity index (χ2n) is 17.5. The lowest BCUT2D eigenvalue weighted by Gasteiger charge is -2.63. The third-order valence-corrected chi connectivity index (χ3v) is 16.9. The molecule has 6 aliphatic heterocycles. The van der Waals surface area contributed by atoms with Crippen LogP contribution in [0.1, 0.15) is 86.5 Å². The lowest BCUT2D eigenvalue weighted by Crippen LogP contribution is -2.76. The van der Waals surface area contributed by atoms with Crippen molar-refractivity contribution in [3.05, 3.63) is 22.7 Å². The van der Waals surface area contributed by atoms with Gasteiger partial charge in [0.2, 0.25) is 0 Å². The van der Waals surface area contributed by atoms with Gasteiger partial charge in [0.15, 0.2) is 28.3 Å². The molecule has 0 aromatic carbocycles. The topological polar surface area (TPSA) is 183 Å². The molecule has 3 N–H and O–H groups in total. The predicted octanol–water partition coefficient (Wildman–Crippen LogP) is 3.05. The number of carbonyl (C=O) groups is 5. The summed E-state index contributed by atoms with van der Waals surface area (Å²) in [5, 5.41) is 34.6. The average Bonchev–Trinajstić information content (AvgIpc) is 3.53. The fourth-order valence-electron chi connectivity index (χ4n) is 12.0. The number of carbonyl (C=O) groups excluding carboxylic acids is 5. The van der Waals surface area contributed by atoms with E-state index >= 15 is 0 Å². The Morgan fingerprint density at radius 3 is 2.18 bits per heavy atom. The van der Waals surface area contributed by atoms with Crippen LogP contribution in [0.3, 0.4) is 0 Å². The number of Topliss-reactive ketones (excluding diaryl/α,β-unsaturated/α-hetero) is 3. The van der Waals surface area contributed by atoms with Gasteiger partial charge in [-0.05, 0) is 39.0 Å².